The van der Waals surface area contributed by atoms with Crippen molar-refractivity contribution in [2.45, 2.75) is 0 Å². The lowest BCUT2D eigenvalue weighted by molar-refractivity contribution is 0.615. The molecule has 1 aromatic rings. The highest BCUT2D eigenvalue weighted by Gasteiger charge is 1.89. The smallest absolute Gasteiger partial charge is 0.318 e. The summed E-state index contributed by atoms with van der Waals surface area (Å²) in [7, 11) is 0.957. The molecule has 57 valence electrons. The molecule has 0 atom stereocenters. The molecule has 1 N–H and O–H groups in total. The summed E-state index contributed by atoms with van der Waals surface area (Å²) < 4.78 is 0. The van der Waals surface area contributed by atoms with E-state index in [4.69, 9.17) is 10.3 Å². The normalized spacial score (nSPS) is 9.67. The predicted octanol–water partition coefficient (Wildman–Crippen LogP) is 1.14. The Morgan fingerprint density at radius 2 is 2.33 bits per heavy atom. The van der Waals surface area contributed by atoms with Crippen LogP contribution >= 0.6 is 0 Å². The van der Waals surface area contributed by atoms with Gasteiger partial charge >= 0.3 is 7.48 Å². The predicted molar refractivity (Wildman–Crippen MR) is 48.2 cm³/mol. The van der Waals surface area contributed by atoms with Gasteiger partial charge in [-0.25, -0.2) is 0 Å². The Kier molecular flexibility index (Phi) is 3.12. The van der Waals surface area contributed by atoms with E-state index in [0.717, 1.165) is 13.0 Å². The molecule has 1 rings (SSSR count). The van der Waals surface area contributed by atoms with Crippen LogP contribution < -0.4 is 0 Å². The van der Waals surface area contributed by atoms with E-state index in [1.807, 2.05) is 12.1 Å². The van der Waals surface area contributed by atoms with Crippen molar-refractivity contribution in [3.8, 4) is 6.07 Å². The summed E-state index contributed by atoms with van der Waals surface area (Å²) in [6, 6.07) is 9.19. The van der Waals surface area contributed by atoms with Gasteiger partial charge in [-0.3, -0.25) is 0 Å². The van der Waals surface area contributed by atoms with Crippen molar-refractivity contribution in [3.63, 3.8) is 0 Å². The van der Waals surface area contributed by atoms with Crippen LogP contribution in [0.4, 0.5) is 0 Å². The third kappa shape index (κ3) is 2.26. The maximum Gasteiger partial charge on any atom is 0.318 e. The van der Waals surface area contributed by atoms with E-state index in [1.165, 1.54) is 5.98 Å². The molecule has 0 aliphatic heterocycles. The zero-order chi connectivity index (χ0) is 8.81. The van der Waals surface area contributed by atoms with Gasteiger partial charge in [0.1, 0.15) is 0 Å². The third-order valence-electron chi connectivity index (χ3n) is 1.39. The molecule has 0 unspecified atom stereocenters. The number of nitriles is 1. The van der Waals surface area contributed by atoms with Crippen LogP contribution in [-0.2, 0) is 0 Å². The summed E-state index contributed by atoms with van der Waals surface area (Å²) in [6.45, 7) is 0. The number of nitrogens with zero attached hydrogens (tertiary/aromatic N) is 1. The van der Waals surface area contributed by atoms with Crippen LogP contribution in [0.2, 0.25) is 0 Å². The zero-order valence-corrected chi connectivity index (χ0v) is 6.44. The van der Waals surface area contributed by atoms with Gasteiger partial charge in [0.25, 0.3) is 0 Å². The van der Waals surface area contributed by atoms with Crippen molar-refractivity contribution in [1.29, 1.82) is 5.26 Å². The molecule has 0 saturated carbocycles. The van der Waals surface area contributed by atoms with Gasteiger partial charge in [0.05, 0.1) is 11.6 Å². The van der Waals surface area contributed by atoms with E-state index < -0.39 is 0 Å². The first-order valence-corrected chi connectivity index (χ1v) is 3.51. The molecule has 0 saturated heterocycles. The van der Waals surface area contributed by atoms with Crippen LogP contribution in [0.3, 0.4) is 0 Å². The molecule has 0 amide bonds. The first kappa shape index (κ1) is 8.57. The lowest BCUT2D eigenvalue weighted by Gasteiger charge is -1.91. The minimum Gasteiger partial charge on any atom is -0.450 e. The van der Waals surface area contributed by atoms with Crippen LogP contribution in [-0.4, -0.2) is 12.5 Å². The number of hydrogen-bond acceptors (Lipinski definition) is 2. The second-order valence-electron chi connectivity index (χ2n) is 2.25. The number of hydrogen-bond donors (Lipinski definition) is 1. The van der Waals surface area contributed by atoms with E-state index >= 15 is 0 Å². The van der Waals surface area contributed by atoms with Crippen molar-refractivity contribution in [2.24, 2.45) is 0 Å². The van der Waals surface area contributed by atoms with E-state index in [0.29, 0.717) is 5.56 Å². The van der Waals surface area contributed by atoms with Crippen molar-refractivity contribution in [2.75, 3.05) is 0 Å². The van der Waals surface area contributed by atoms with Crippen LogP contribution in [0.1, 0.15) is 11.1 Å². The fourth-order valence-electron chi connectivity index (χ4n) is 0.866. The molecule has 1 aromatic carbocycles. The monoisotopic (exact) mass is 156 g/mol. The lowest BCUT2D eigenvalue weighted by Crippen LogP contribution is -1.79. The molecule has 1 radical (unpaired) electrons. The molecule has 3 heteroatoms. The van der Waals surface area contributed by atoms with Gasteiger partial charge in [-0.1, -0.05) is 24.2 Å². The van der Waals surface area contributed by atoms with Gasteiger partial charge in [0.2, 0.25) is 0 Å². The molecule has 0 aliphatic rings. The summed E-state index contributed by atoms with van der Waals surface area (Å²) in [5, 5.41) is 16.9. The fraction of sp³-hybridized carbons (Fsp3) is 0. The maximum absolute atomic E-state index is 8.56. The van der Waals surface area contributed by atoms with Crippen LogP contribution in [0.15, 0.2) is 30.2 Å². The molecule has 0 fully saturated rings. The average molecular weight is 156 g/mol. The van der Waals surface area contributed by atoms with Gasteiger partial charge in [0.15, 0.2) is 0 Å². The Balaban J connectivity index is 2.88. The van der Waals surface area contributed by atoms with Crippen LogP contribution in [0.25, 0.3) is 6.08 Å². The van der Waals surface area contributed by atoms with Crippen molar-refractivity contribution >= 4 is 13.6 Å². The first-order valence-electron chi connectivity index (χ1n) is 3.51. The van der Waals surface area contributed by atoms with E-state index in [-0.39, 0.29) is 0 Å². The molecule has 12 heavy (non-hydrogen) atoms. The number of rotatable bonds is 2. The highest BCUT2D eigenvalue weighted by Crippen LogP contribution is 2.05. The van der Waals surface area contributed by atoms with Crippen molar-refractivity contribution in [3.05, 3.63) is 41.4 Å². The lowest BCUT2D eigenvalue weighted by atomic mass is 10.00. The summed E-state index contributed by atoms with van der Waals surface area (Å²) >= 11 is 0. The van der Waals surface area contributed by atoms with Crippen molar-refractivity contribution < 1.29 is 5.02 Å². The quantitative estimate of drug-likeness (QED) is 0.652. The van der Waals surface area contributed by atoms with Gasteiger partial charge in [-0.05, 0) is 17.7 Å². The summed E-state index contributed by atoms with van der Waals surface area (Å²) in [4.78, 5) is 0. The van der Waals surface area contributed by atoms with Crippen molar-refractivity contribution in [1.82, 2.24) is 0 Å². The van der Waals surface area contributed by atoms with Crippen LogP contribution in [0, 0.1) is 11.3 Å². The van der Waals surface area contributed by atoms with Gasteiger partial charge in [-0.2, -0.15) is 5.26 Å². The molecule has 0 aliphatic carbocycles. The van der Waals surface area contributed by atoms with Crippen LogP contribution in [0.5, 0.6) is 0 Å². The topological polar surface area (TPSA) is 44.0 Å². The third-order valence-corrected chi connectivity index (χ3v) is 1.39. The molecule has 0 aromatic heterocycles. The average Bonchev–Trinajstić information content (AvgIpc) is 2.15. The first-order chi connectivity index (χ1) is 5.86. The Bertz CT molecular complexity index is 328. The highest BCUT2D eigenvalue weighted by atomic mass is 16.2. The second-order valence-corrected chi connectivity index (χ2v) is 2.25. The van der Waals surface area contributed by atoms with Gasteiger partial charge in [0, 0.05) is 0 Å². The molecular formula is C9H7BNO. The zero-order valence-electron chi connectivity index (χ0n) is 6.44. The largest absolute Gasteiger partial charge is 0.450 e. The molecule has 0 spiro atoms. The molecule has 0 bridgehead atoms. The Morgan fingerprint density at radius 1 is 1.50 bits per heavy atom. The van der Waals surface area contributed by atoms with E-state index in [9.17, 15) is 0 Å². The highest BCUT2D eigenvalue weighted by molar-refractivity contribution is 6.34. The summed E-state index contributed by atoms with van der Waals surface area (Å²) in [5.41, 5.74) is 1.52. The Labute approximate surface area is 72.0 Å². The van der Waals surface area contributed by atoms with Gasteiger partial charge < -0.3 is 5.02 Å². The fourth-order valence-corrected chi connectivity index (χ4v) is 0.866. The standard InChI is InChI=1S/C9H7BNO/c11-7-9-3-1-2-8(6-9)4-5-10-12/h1-6,12H/b5-4+. The summed E-state index contributed by atoms with van der Waals surface area (Å²) in [6.07, 6.45) is 1.72. The SMILES string of the molecule is N#Cc1cccc(/C=C/[B]O)c1. The maximum atomic E-state index is 8.56. The molecular weight excluding hydrogens is 149 g/mol. The second kappa shape index (κ2) is 4.37. The van der Waals surface area contributed by atoms with E-state index in [2.05, 4.69) is 0 Å². The minimum atomic E-state index is 0.620. The molecule has 2 nitrogen and oxygen atoms in total. The minimum absolute atomic E-state index is 0.620. The van der Waals surface area contributed by atoms with E-state index in [1.54, 1.807) is 24.3 Å². The number of benzene rings is 1. The summed E-state index contributed by atoms with van der Waals surface area (Å²) in [5.74, 6) is 1.51. The Morgan fingerprint density at radius 3 is 3.00 bits per heavy atom. The van der Waals surface area contributed by atoms with Gasteiger partial charge in [-0.15, -0.1) is 0 Å². The Hall–Kier alpha value is -1.53. The molecule has 0 heterocycles.